The van der Waals surface area contributed by atoms with Crippen molar-refractivity contribution in [3.63, 3.8) is 0 Å². The third-order valence-corrected chi connectivity index (χ3v) is 2.83. The lowest BCUT2D eigenvalue weighted by molar-refractivity contribution is 0.0734. The summed E-state index contributed by atoms with van der Waals surface area (Å²) in [7, 11) is 0. The number of aryl methyl sites for hydroxylation is 3. The molecule has 18 heavy (non-hydrogen) atoms. The first-order chi connectivity index (χ1) is 8.56. The van der Waals surface area contributed by atoms with E-state index in [0.717, 1.165) is 16.7 Å². The van der Waals surface area contributed by atoms with E-state index in [-0.39, 0.29) is 5.97 Å². The van der Waals surface area contributed by atoms with Crippen LogP contribution in [0.25, 0.3) is 0 Å². The molecule has 2 aromatic rings. The third kappa shape index (κ3) is 2.77. The van der Waals surface area contributed by atoms with Crippen molar-refractivity contribution in [2.24, 2.45) is 0 Å². The zero-order chi connectivity index (χ0) is 13.1. The van der Waals surface area contributed by atoms with Crippen molar-refractivity contribution in [2.45, 2.75) is 20.8 Å². The molecule has 0 spiro atoms. The summed E-state index contributed by atoms with van der Waals surface area (Å²) >= 11 is 0. The highest BCUT2D eigenvalue weighted by Gasteiger charge is 2.11. The molecule has 2 aromatic carbocycles. The predicted molar refractivity (Wildman–Crippen MR) is 72.1 cm³/mol. The molecule has 0 atom stereocenters. The number of carbonyl (C=O) groups excluding carboxylic acids is 1. The van der Waals surface area contributed by atoms with Gasteiger partial charge in [-0.3, -0.25) is 0 Å². The second-order valence-corrected chi connectivity index (χ2v) is 4.52. The Morgan fingerprint density at radius 3 is 2.11 bits per heavy atom. The summed E-state index contributed by atoms with van der Waals surface area (Å²) < 4.78 is 5.34. The lowest BCUT2D eigenvalue weighted by Crippen LogP contribution is -2.10. The van der Waals surface area contributed by atoms with Gasteiger partial charge in [0.05, 0.1) is 5.56 Å². The van der Waals surface area contributed by atoms with Gasteiger partial charge in [0, 0.05) is 0 Å². The Labute approximate surface area is 107 Å². The van der Waals surface area contributed by atoms with Gasteiger partial charge >= 0.3 is 5.97 Å². The predicted octanol–water partition coefficient (Wildman–Crippen LogP) is 3.83. The van der Waals surface area contributed by atoms with Gasteiger partial charge in [0.1, 0.15) is 5.75 Å². The topological polar surface area (TPSA) is 26.3 Å². The van der Waals surface area contributed by atoms with Gasteiger partial charge in [-0.1, -0.05) is 35.4 Å². The molecule has 0 aliphatic carbocycles. The maximum absolute atomic E-state index is 12.0. The summed E-state index contributed by atoms with van der Waals surface area (Å²) in [5.74, 6) is 0.266. The lowest BCUT2D eigenvalue weighted by atomic mass is 10.1. The Morgan fingerprint density at radius 1 is 0.889 bits per heavy atom. The first-order valence-corrected chi connectivity index (χ1v) is 5.92. The molecular weight excluding hydrogens is 224 g/mol. The fraction of sp³-hybridized carbons (Fsp3) is 0.188. The van der Waals surface area contributed by atoms with E-state index in [1.165, 1.54) is 0 Å². The zero-order valence-electron chi connectivity index (χ0n) is 10.9. The Hall–Kier alpha value is -2.09. The number of hydrogen-bond acceptors (Lipinski definition) is 2. The molecule has 0 saturated carbocycles. The average Bonchev–Trinajstić information content (AvgIpc) is 2.32. The molecule has 2 nitrogen and oxygen atoms in total. The number of hydrogen-bond donors (Lipinski definition) is 0. The van der Waals surface area contributed by atoms with Crippen LogP contribution in [0.5, 0.6) is 5.75 Å². The Morgan fingerprint density at radius 2 is 1.50 bits per heavy atom. The van der Waals surface area contributed by atoms with Crippen LogP contribution in [0.2, 0.25) is 0 Å². The number of benzene rings is 2. The highest BCUT2D eigenvalue weighted by atomic mass is 16.5. The van der Waals surface area contributed by atoms with Crippen molar-refractivity contribution >= 4 is 5.97 Å². The second-order valence-electron chi connectivity index (χ2n) is 4.52. The van der Waals surface area contributed by atoms with Crippen molar-refractivity contribution in [2.75, 3.05) is 0 Å². The van der Waals surface area contributed by atoms with E-state index in [1.54, 1.807) is 18.2 Å². The molecule has 92 valence electrons. The van der Waals surface area contributed by atoms with Gasteiger partial charge in [-0.15, -0.1) is 0 Å². The SMILES string of the molecule is Cc1ccc(OC(=O)c2ccc(C)cc2C)cc1. The van der Waals surface area contributed by atoms with Crippen LogP contribution >= 0.6 is 0 Å². The van der Waals surface area contributed by atoms with Crippen LogP contribution in [0.4, 0.5) is 0 Å². The van der Waals surface area contributed by atoms with Crippen LogP contribution in [0.15, 0.2) is 42.5 Å². The molecule has 2 rings (SSSR count). The van der Waals surface area contributed by atoms with Crippen LogP contribution in [0.3, 0.4) is 0 Å². The standard InChI is InChI=1S/C16H16O2/c1-11-4-7-14(8-5-11)18-16(17)15-9-6-12(2)10-13(15)3/h4-10H,1-3H3. The number of rotatable bonds is 2. The van der Waals surface area contributed by atoms with Gasteiger partial charge in [0.25, 0.3) is 0 Å². The van der Waals surface area contributed by atoms with E-state index >= 15 is 0 Å². The quantitative estimate of drug-likeness (QED) is 0.589. The monoisotopic (exact) mass is 240 g/mol. The molecule has 2 heteroatoms. The molecule has 0 aliphatic rings. The molecule has 0 unspecified atom stereocenters. The minimum absolute atomic E-state index is 0.309. The maximum atomic E-state index is 12.0. The zero-order valence-corrected chi connectivity index (χ0v) is 10.9. The van der Waals surface area contributed by atoms with Crippen LogP contribution in [0, 0.1) is 20.8 Å². The molecule has 0 radical (unpaired) electrons. The Balaban J connectivity index is 2.19. The maximum Gasteiger partial charge on any atom is 0.343 e. The van der Waals surface area contributed by atoms with Crippen molar-refractivity contribution in [1.82, 2.24) is 0 Å². The number of carbonyl (C=O) groups is 1. The lowest BCUT2D eigenvalue weighted by Gasteiger charge is -2.07. The summed E-state index contributed by atoms with van der Waals surface area (Å²) in [5, 5.41) is 0. The highest BCUT2D eigenvalue weighted by molar-refractivity contribution is 5.92. The molecular formula is C16H16O2. The highest BCUT2D eigenvalue weighted by Crippen LogP contribution is 2.16. The van der Waals surface area contributed by atoms with Gasteiger partial charge < -0.3 is 4.74 Å². The van der Waals surface area contributed by atoms with E-state index in [2.05, 4.69) is 0 Å². The van der Waals surface area contributed by atoms with Gasteiger partial charge in [0.15, 0.2) is 0 Å². The largest absolute Gasteiger partial charge is 0.423 e. The smallest absolute Gasteiger partial charge is 0.343 e. The molecule has 0 N–H and O–H groups in total. The first-order valence-electron chi connectivity index (χ1n) is 5.92. The van der Waals surface area contributed by atoms with E-state index in [9.17, 15) is 4.79 Å². The molecule has 0 saturated heterocycles. The fourth-order valence-corrected chi connectivity index (χ4v) is 1.81. The summed E-state index contributed by atoms with van der Waals surface area (Å²) in [6, 6.07) is 13.1. The van der Waals surface area contributed by atoms with E-state index < -0.39 is 0 Å². The summed E-state index contributed by atoms with van der Waals surface area (Å²) in [5.41, 5.74) is 3.83. The van der Waals surface area contributed by atoms with Crippen molar-refractivity contribution in [1.29, 1.82) is 0 Å². The molecule has 0 bridgehead atoms. The first kappa shape index (κ1) is 12.4. The fourth-order valence-electron chi connectivity index (χ4n) is 1.81. The normalized spacial score (nSPS) is 10.2. The summed E-state index contributed by atoms with van der Waals surface area (Å²) in [4.78, 5) is 12.0. The average molecular weight is 240 g/mol. The number of esters is 1. The van der Waals surface area contributed by atoms with E-state index in [1.807, 2.05) is 45.0 Å². The minimum Gasteiger partial charge on any atom is -0.423 e. The molecule has 0 aromatic heterocycles. The van der Waals surface area contributed by atoms with Gasteiger partial charge in [0.2, 0.25) is 0 Å². The second kappa shape index (κ2) is 5.05. The van der Waals surface area contributed by atoms with Gasteiger partial charge in [-0.2, -0.15) is 0 Å². The molecule has 0 heterocycles. The van der Waals surface area contributed by atoms with Crippen LogP contribution in [-0.2, 0) is 0 Å². The van der Waals surface area contributed by atoms with E-state index in [0.29, 0.717) is 11.3 Å². The van der Waals surface area contributed by atoms with Crippen LogP contribution in [-0.4, -0.2) is 5.97 Å². The van der Waals surface area contributed by atoms with Crippen molar-refractivity contribution < 1.29 is 9.53 Å². The molecule has 0 fully saturated rings. The molecule has 0 aliphatic heterocycles. The van der Waals surface area contributed by atoms with E-state index in [4.69, 9.17) is 4.74 Å². The summed E-state index contributed by atoms with van der Waals surface area (Å²) in [6.45, 7) is 5.91. The van der Waals surface area contributed by atoms with Gasteiger partial charge in [-0.05, 0) is 44.5 Å². The van der Waals surface area contributed by atoms with Crippen molar-refractivity contribution in [3.05, 3.63) is 64.7 Å². The van der Waals surface area contributed by atoms with Crippen LogP contribution < -0.4 is 4.74 Å². The minimum atomic E-state index is -0.309. The Bertz CT molecular complexity index is 568. The number of ether oxygens (including phenoxy) is 1. The molecule has 0 amide bonds. The third-order valence-electron chi connectivity index (χ3n) is 2.83. The van der Waals surface area contributed by atoms with Gasteiger partial charge in [-0.25, -0.2) is 4.79 Å². The van der Waals surface area contributed by atoms with Crippen LogP contribution in [0.1, 0.15) is 27.0 Å². The summed E-state index contributed by atoms with van der Waals surface area (Å²) in [6.07, 6.45) is 0. The Kier molecular flexibility index (Phi) is 3.47. The van der Waals surface area contributed by atoms with Crippen molar-refractivity contribution in [3.8, 4) is 5.75 Å².